The zero-order valence-corrected chi connectivity index (χ0v) is 9.27. The van der Waals surface area contributed by atoms with E-state index < -0.39 is 11.6 Å². The van der Waals surface area contributed by atoms with Gasteiger partial charge in [0.25, 0.3) is 0 Å². The van der Waals surface area contributed by atoms with Gasteiger partial charge >= 0.3 is 0 Å². The summed E-state index contributed by atoms with van der Waals surface area (Å²) < 4.78 is 28.5. The molecule has 18 heavy (non-hydrogen) atoms. The molecule has 0 aliphatic carbocycles. The van der Waals surface area contributed by atoms with Crippen LogP contribution in [0.25, 0.3) is 16.9 Å². The molecule has 0 amide bonds. The summed E-state index contributed by atoms with van der Waals surface area (Å²) in [4.78, 5) is 4.23. The van der Waals surface area contributed by atoms with Crippen LogP contribution < -0.4 is 5.73 Å². The van der Waals surface area contributed by atoms with Crippen LogP contribution >= 0.6 is 0 Å². The number of rotatable bonds is 1. The lowest BCUT2D eigenvalue weighted by molar-refractivity contribution is 0.511. The molecule has 0 unspecified atom stereocenters. The molecule has 2 aromatic heterocycles. The number of halogens is 2. The van der Waals surface area contributed by atoms with E-state index in [4.69, 9.17) is 5.73 Å². The lowest BCUT2D eigenvalue weighted by Gasteiger charge is -1.98. The molecule has 0 aliphatic heterocycles. The summed E-state index contributed by atoms with van der Waals surface area (Å²) in [5, 5.41) is 0. The summed E-state index contributed by atoms with van der Waals surface area (Å²) in [5.41, 5.74) is 7.36. The van der Waals surface area contributed by atoms with Crippen LogP contribution in [0.5, 0.6) is 0 Å². The first-order valence-corrected chi connectivity index (χ1v) is 5.34. The van der Waals surface area contributed by atoms with Gasteiger partial charge in [-0.2, -0.15) is 0 Å². The van der Waals surface area contributed by atoms with Gasteiger partial charge in [0, 0.05) is 23.6 Å². The lowest BCUT2D eigenvalue weighted by atomic mass is 10.1. The highest BCUT2D eigenvalue weighted by Gasteiger charge is 2.12. The van der Waals surface area contributed by atoms with E-state index in [-0.39, 0.29) is 5.56 Å². The van der Waals surface area contributed by atoms with Crippen LogP contribution in [0.3, 0.4) is 0 Å². The van der Waals surface area contributed by atoms with Crippen molar-refractivity contribution in [2.24, 2.45) is 0 Å². The van der Waals surface area contributed by atoms with Gasteiger partial charge in [0.1, 0.15) is 5.65 Å². The highest BCUT2D eigenvalue weighted by molar-refractivity contribution is 5.64. The molecule has 1 aromatic carbocycles. The van der Waals surface area contributed by atoms with Crippen molar-refractivity contribution in [1.29, 1.82) is 0 Å². The molecule has 3 rings (SSSR count). The Balaban J connectivity index is 2.22. The number of aromatic nitrogens is 2. The predicted octanol–water partition coefficient (Wildman–Crippen LogP) is 2.86. The first kappa shape index (κ1) is 10.7. The molecule has 0 spiro atoms. The van der Waals surface area contributed by atoms with Crippen molar-refractivity contribution in [2.75, 3.05) is 5.73 Å². The summed E-state index contributed by atoms with van der Waals surface area (Å²) in [5.74, 6) is -1.78. The molecule has 5 heteroatoms. The highest BCUT2D eigenvalue weighted by Crippen LogP contribution is 2.24. The van der Waals surface area contributed by atoms with Crippen LogP contribution in [0.2, 0.25) is 0 Å². The minimum Gasteiger partial charge on any atom is -0.398 e. The first-order valence-electron chi connectivity index (χ1n) is 5.34. The number of fused-ring (bicyclic) bond motifs is 1. The molecule has 90 valence electrons. The van der Waals surface area contributed by atoms with Gasteiger partial charge in [0.05, 0.1) is 5.69 Å². The van der Waals surface area contributed by atoms with Gasteiger partial charge < -0.3 is 10.1 Å². The fraction of sp³-hybridized carbons (Fsp3) is 0. The van der Waals surface area contributed by atoms with Crippen molar-refractivity contribution >= 4 is 11.3 Å². The van der Waals surface area contributed by atoms with Crippen LogP contribution in [-0.4, -0.2) is 9.38 Å². The SMILES string of the molecule is Nc1ccc2nc(-c3cccc(F)c3F)cn2c1. The molecule has 0 bridgehead atoms. The zero-order chi connectivity index (χ0) is 12.7. The topological polar surface area (TPSA) is 43.3 Å². The van der Waals surface area contributed by atoms with E-state index in [1.54, 1.807) is 28.9 Å². The quantitative estimate of drug-likeness (QED) is 0.716. The monoisotopic (exact) mass is 245 g/mol. The molecule has 0 saturated carbocycles. The van der Waals surface area contributed by atoms with Crippen LogP contribution in [-0.2, 0) is 0 Å². The second kappa shape index (κ2) is 3.80. The van der Waals surface area contributed by atoms with Crippen molar-refractivity contribution in [1.82, 2.24) is 9.38 Å². The number of nitrogens with zero attached hydrogens (tertiary/aromatic N) is 2. The van der Waals surface area contributed by atoms with Crippen molar-refractivity contribution < 1.29 is 8.78 Å². The van der Waals surface area contributed by atoms with E-state index in [0.717, 1.165) is 6.07 Å². The third-order valence-corrected chi connectivity index (χ3v) is 2.70. The maximum absolute atomic E-state index is 13.6. The number of nitrogens with two attached hydrogens (primary N) is 1. The van der Waals surface area contributed by atoms with Crippen LogP contribution in [0.4, 0.5) is 14.5 Å². The summed E-state index contributed by atoms with van der Waals surface area (Å²) >= 11 is 0. The van der Waals surface area contributed by atoms with E-state index in [0.29, 0.717) is 17.0 Å². The second-order valence-corrected chi connectivity index (χ2v) is 3.96. The molecule has 0 radical (unpaired) electrons. The second-order valence-electron chi connectivity index (χ2n) is 3.96. The van der Waals surface area contributed by atoms with Crippen LogP contribution in [0.15, 0.2) is 42.7 Å². The Morgan fingerprint density at radius 2 is 1.89 bits per heavy atom. The highest BCUT2D eigenvalue weighted by atomic mass is 19.2. The Morgan fingerprint density at radius 1 is 1.06 bits per heavy atom. The third kappa shape index (κ3) is 1.60. The molecule has 2 N–H and O–H groups in total. The van der Waals surface area contributed by atoms with Gasteiger partial charge in [0.2, 0.25) is 0 Å². The average Bonchev–Trinajstić information content (AvgIpc) is 2.75. The number of imidazole rings is 1. The third-order valence-electron chi connectivity index (χ3n) is 2.70. The number of benzene rings is 1. The summed E-state index contributed by atoms with van der Waals surface area (Å²) in [6.07, 6.45) is 3.28. The molecular weight excluding hydrogens is 236 g/mol. The smallest absolute Gasteiger partial charge is 0.168 e. The van der Waals surface area contributed by atoms with Crippen molar-refractivity contribution in [3.63, 3.8) is 0 Å². The Bertz CT molecular complexity index is 734. The maximum Gasteiger partial charge on any atom is 0.168 e. The summed E-state index contributed by atoms with van der Waals surface area (Å²) in [6.45, 7) is 0. The van der Waals surface area contributed by atoms with Gasteiger partial charge in [-0.05, 0) is 24.3 Å². The number of anilines is 1. The van der Waals surface area contributed by atoms with Gasteiger partial charge in [-0.1, -0.05) is 6.07 Å². The first-order chi connectivity index (χ1) is 8.65. The van der Waals surface area contributed by atoms with Crippen molar-refractivity contribution in [3.05, 3.63) is 54.4 Å². The standard InChI is InChI=1S/C13H9F2N3/c14-10-3-1-2-9(13(10)15)11-7-18-6-8(16)4-5-12(18)17-11/h1-7H,16H2. The Hall–Kier alpha value is -2.43. The van der Waals surface area contributed by atoms with E-state index in [9.17, 15) is 8.78 Å². The normalized spacial score (nSPS) is 11.0. The number of hydrogen-bond acceptors (Lipinski definition) is 2. The van der Waals surface area contributed by atoms with Gasteiger partial charge in [-0.25, -0.2) is 13.8 Å². The van der Waals surface area contributed by atoms with Crippen LogP contribution in [0.1, 0.15) is 0 Å². The molecule has 3 nitrogen and oxygen atoms in total. The average molecular weight is 245 g/mol. The zero-order valence-electron chi connectivity index (χ0n) is 9.27. The molecule has 0 aliphatic rings. The molecular formula is C13H9F2N3. The fourth-order valence-corrected chi connectivity index (χ4v) is 1.84. The Kier molecular flexibility index (Phi) is 2.26. The summed E-state index contributed by atoms with van der Waals surface area (Å²) in [7, 11) is 0. The predicted molar refractivity (Wildman–Crippen MR) is 65.0 cm³/mol. The number of pyridine rings is 1. The maximum atomic E-state index is 13.6. The molecule has 0 atom stereocenters. The Labute approximate surface area is 101 Å². The minimum absolute atomic E-state index is 0.136. The largest absolute Gasteiger partial charge is 0.398 e. The lowest BCUT2D eigenvalue weighted by Crippen LogP contribution is -1.88. The molecule has 0 fully saturated rings. The van der Waals surface area contributed by atoms with Gasteiger partial charge in [0.15, 0.2) is 11.6 Å². The van der Waals surface area contributed by atoms with Gasteiger partial charge in [-0.15, -0.1) is 0 Å². The van der Waals surface area contributed by atoms with E-state index in [1.807, 2.05) is 0 Å². The van der Waals surface area contributed by atoms with Crippen molar-refractivity contribution in [3.8, 4) is 11.3 Å². The van der Waals surface area contributed by atoms with Gasteiger partial charge in [-0.3, -0.25) is 0 Å². The van der Waals surface area contributed by atoms with E-state index in [2.05, 4.69) is 4.98 Å². The Morgan fingerprint density at radius 3 is 2.72 bits per heavy atom. The van der Waals surface area contributed by atoms with E-state index >= 15 is 0 Å². The molecule has 3 aromatic rings. The van der Waals surface area contributed by atoms with Crippen LogP contribution in [0, 0.1) is 11.6 Å². The number of hydrogen-bond donors (Lipinski definition) is 1. The fourth-order valence-electron chi connectivity index (χ4n) is 1.84. The molecule has 2 heterocycles. The summed E-state index contributed by atoms with van der Waals surface area (Å²) in [6, 6.07) is 7.44. The minimum atomic E-state index is -0.895. The van der Waals surface area contributed by atoms with E-state index in [1.165, 1.54) is 12.1 Å². The molecule has 0 saturated heterocycles. The number of nitrogen functional groups attached to an aromatic ring is 1. The van der Waals surface area contributed by atoms with Crippen molar-refractivity contribution in [2.45, 2.75) is 0 Å².